The van der Waals surface area contributed by atoms with Crippen LogP contribution in [0, 0.1) is 0 Å². The molecule has 1 unspecified atom stereocenters. The third-order valence-electron chi connectivity index (χ3n) is 4.01. The summed E-state index contributed by atoms with van der Waals surface area (Å²) in [6, 6.07) is 11.9. The molecule has 0 aliphatic rings. The molecule has 0 aliphatic carbocycles. The van der Waals surface area contributed by atoms with E-state index in [4.69, 9.17) is 4.74 Å². The van der Waals surface area contributed by atoms with E-state index in [2.05, 4.69) is 10.0 Å². The van der Waals surface area contributed by atoms with Crippen LogP contribution in [0.3, 0.4) is 0 Å². The van der Waals surface area contributed by atoms with Crippen molar-refractivity contribution in [3.05, 3.63) is 54.1 Å². The van der Waals surface area contributed by atoms with Crippen LogP contribution in [0.2, 0.25) is 0 Å². The van der Waals surface area contributed by atoms with Crippen LogP contribution in [-0.2, 0) is 24.7 Å². The van der Waals surface area contributed by atoms with Crippen molar-refractivity contribution in [2.24, 2.45) is 0 Å². The van der Waals surface area contributed by atoms with Crippen LogP contribution in [0.15, 0.2) is 53.4 Å². The minimum Gasteiger partial charge on any atom is -0.491 e. The minimum absolute atomic E-state index is 0.000746. The van der Waals surface area contributed by atoms with Gasteiger partial charge in [0.05, 0.1) is 17.0 Å². The smallest absolute Gasteiger partial charge is 0.241 e. The summed E-state index contributed by atoms with van der Waals surface area (Å²) in [5.41, 5.74) is 0.977. The van der Waals surface area contributed by atoms with Crippen molar-refractivity contribution in [3.8, 4) is 5.75 Å². The van der Waals surface area contributed by atoms with E-state index in [1.165, 1.54) is 12.1 Å². The van der Waals surface area contributed by atoms with Gasteiger partial charge in [0, 0.05) is 11.9 Å². The van der Waals surface area contributed by atoms with Crippen molar-refractivity contribution in [1.82, 2.24) is 5.32 Å². The predicted molar refractivity (Wildman–Crippen MR) is 116 cm³/mol. The minimum atomic E-state index is -3.91. The number of rotatable bonds is 9. The molecule has 2 aromatic carbocycles. The lowest BCUT2D eigenvalue weighted by molar-refractivity contribution is -0.119. The fraction of sp³-hybridized carbons (Fsp3) is 0.350. The molecule has 8 nitrogen and oxygen atoms in total. The molecule has 0 aromatic heterocycles. The lowest BCUT2D eigenvalue weighted by Crippen LogP contribution is -2.34. The Balaban J connectivity index is 1.95. The fourth-order valence-corrected chi connectivity index (χ4v) is 4.26. The van der Waals surface area contributed by atoms with Gasteiger partial charge in [0.2, 0.25) is 15.9 Å². The highest BCUT2D eigenvalue weighted by Gasteiger charge is 2.19. The molecule has 0 radical (unpaired) electrons. The summed E-state index contributed by atoms with van der Waals surface area (Å²) in [4.78, 5) is 12.4. The van der Waals surface area contributed by atoms with Crippen LogP contribution in [-0.4, -0.2) is 40.9 Å². The Bertz CT molecular complexity index is 1080. The molecule has 2 aromatic rings. The van der Waals surface area contributed by atoms with Crippen molar-refractivity contribution in [1.29, 1.82) is 0 Å². The third kappa shape index (κ3) is 7.34. The van der Waals surface area contributed by atoms with Gasteiger partial charge < -0.3 is 10.1 Å². The van der Waals surface area contributed by atoms with Crippen molar-refractivity contribution in [3.63, 3.8) is 0 Å². The maximum absolute atomic E-state index is 12.3. The van der Waals surface area contributed by atoms with Gasteiger partial charge in [-0.05, 0) is 62.7 Å². The molecule has 2 N–H and O–H groups in total. The van der Waals surface area contributed by atoms with Crippen molar-refractivity contribution in [2.75, 3.05) is 16.7 Å². The van der Waals surface area contributed by atoms with E-state index in [9.17, 15) is 21.6 Å². The zero-order valence-electron chi connectivity index (χ0n) is 17.2. The number of benzene rings is 2. The van der Waals surface area contributed by atoms with Gasteiger partial charge in [0.25, 0.3) is 0 Å². The van der Waals surface area contributed by atoms with Crippen molar-refractivity contribution < 1.29 is 26.4 Å². The Morgan fingerprint density at radius 2 is 1.50 bits per heavy atom. The molecule has 0 bridgehead atoms. The van der Waals surface area contributed by atoms with Crippen LogP contribution in [0.4, 0.5) is 5.69 Å². The summed E-state index contributed by atoms with van der Waals surface area (Å²) in [6.07, 6.45) is 1.11. The van der Waals surface area contributed by atoms with Gasteiger partial charge >= 0.3 is 0 Å². The van der Waals surface area contributed by atoms with Crippen molar-refractivity contribution >= 4 is 31.5 Å². The number of amides is 1. The van der Waals surface area contributed by atoms with Gasteiger partial charge in [-0.3, -0.25) is 9.52 Å². The van der Waals surface area contributed by atoms with E-state index >= 15 is 0 Å². The quantitative estimate of drug-likeness (QED) is 0.601. The topological polar surface area (TPSA) is 119 Å². The van der Waals surface area contributed by atoms with E-state index in [1.54, 1.807) is 43.3 Å². The van der Waals surface area contributed by atoms with Gasteiger partial charge in [-0.1, -0.05) is 12.1 Å². The van der Waals surface area contributed by atoms with Crippen LogP contribution >= 0.6 is 0 Å². The third-order valence-corrected chi connectivity index (χ3v) is 6.32. The fourth-order valence-electron chi connectivity index (χ4n) is 2.63. The standard InChI is InChI=1S/C20H26N2O6S2/c1-14(2)28-18-9-7-17(8-10-18)22-30(26,27)13-20(23)21-15(3)16-5-11-19(12-6-16)29(4,24)25/h5-12,14-15,22H,13H2,1-4H3,(H,21,23). The largest absolute Gasteiger partial charge is 0.491 e. The zero-order valence-corrected chi connectivity index (χ0v) is 18.9. The molecule has 1 atom stereocenters. The molecular formula is C20H26N2O6S2. The van der Waals surface area contributed by atoms with Crippen molar-refractivity contribution in [2.45, 2.75) is 37.8 Å². The number of hydrogen-bond donors (Lipinski definition) is 2. The second-order valence-corrected chi connectivity index (χ2v) is 10.9. The second kappa shape index (κ2) is 9.48. The maximum atomic E-state index is 12.3. The van der Waals surface area contributed by atoms with E-state index in [-0.39, 0.29) is 11.0 Å². The number of ether oxygens (including phenoxy) is 1. The summed E-state index contributed by atoms with van der Waals surface area (Å²) in [6.45, 7) is 5.45. The molecule has 0 aliphatic heterocycles. The van der Waals surface area contributed by atoms with E-state index in [0.29, 0.717) is 17.0 Å². The maximum Gasteiger partial charge on any atom is 0.241 e. The van der Waals surface area contributed by atoms with Crippen LogP contribution < -0.4 is 14.8 Å². The molecule has 30 heavy (non-hydrogen) atoms. The molecule has 0 heterocycles. The highest BCUT2D eigenvalue weighted by molar-refractivity contribution is 7.93. The molecular weight excluding hydrogens is 428 g/mol. The second-order valence-electron chi connectivity index (χ2n) is 7.18. The molecule has 164 valence electrons. The number of carbonyl (C=O) groups is 1. The summed E-state index contributed by atoms with van der Waals surface area (Å²) >= 11 is 0. The summed E-state index contributed by atoms with van der Waals surface area (Å²) in [7, 11) is -7.22. The highest BCUT2D eigenvalue weighted by Crippen LogP contribution is 2.19. The van der Waals surface area contributed by atoms with Gasteiger partial charge in [0.1, 0.15) is 11.5 Å². The Kier molecular flexibility index (Phi) is 7.49. The number of anilines is 1. The zero-order chi connectivity index (χ0) is 22.5. The predicted octanol–water partition coefficient (Wildman–Crippen LogP) is 2.50. The molecule has 10 heteroatoms. The molecule has 0 fully saturated rings. The molecule has 2 rings (SSSR count). The Hall–Kier alpha value is -2.59. The molecule has 0 saturated heterocycles. The van der Waals surface area contributed by atoms with Gasteiger partial charge in [-0.25, -0.2) is 16.8 Å². The van der Waals surface area contributed by atoms with Gasteiger partial charge in [0.15, 0.2) is 9.84 Å². The number of sulfonamides is 1. The van der Waals surface area contributed by atoms with Gasteiger partial charge in [-0.2, -0.15) is 0 Å². The molecule has 0 spiro atoms. The first-order valence-electron chi connectivity index (χ1n) is 9.22. The SMILES string of the molecule is CC(C)Oc1ccc(NS(=O)(=O)CC(=O)NC(C)c2ccc(S(C)(=O)=O)cc2)cc1. The number of carbonyl (C=O) groups excluding carboxylic acids is 1. The first-order chi connectivity index (χ1) is 13.9. The number of hydrogen-bond acceptors (Lipinski definition) is 6. The van der Waals surface area contributed by atoms with Crippen LogP contribution in [0.25, 0.3) is 0 Å². The first-order valence-corrected chi connectivity index (χ1v) is 12.8. The summed E-state index contributed by atoms with van der Waals surface area (Å²) < 4.78 is 55.4. The van der Waals surface area contributed by atoms with Crippen LogP contribution in [0.1, 0.15) is 32.4 Å². The molecule has 0 saturated carbocycles. The van der Waals surface area contributed by atoms with E-state index in [1.807, 2.05) is 13.8 Å². The Morgan fingerprint density at radius 3 is 2.00 bits per heavy atom. The number of sulfone groups is 1. The monoisotopic (exact) mass is 454 g/mol. The van der Waals surface area contributed by atoms with Crippen LogP contribution in [0.5, 0.6) is 5.75 Å². The highest BCUT2D eigenvalue weighted by atomic mass is 32.2. The van der Waals surface area contributed by atoms with E-state index in [0.717, 1.165) is 6.26 Å². The molecule has 1 amide bonds. The Morgan fingerprint density at radius 1 is 0.933 bits per heavy atom. The summed E-state index contributed by atoms with van der Waals surface area (Å²) in [5.74, 6) is -0.813. The summed E-state index contributed by atoms with van der Waals surface area (Å²) in [5, 5.41) is 2.60. The van der Waals surface area contributed by atoms with Gasteiger partial charge in [-0.15, -0.1) is 0 Å². The normalized spacial score (nSPS) is 13.0. The average Bonchev–Trinajstić information content (AvgIpc) is 2.61. The lowest BCUT2D eigenvalue weighted by Gasteiger charge is -2.15. The number of nitrogens with one attached hydrogen (secondary N) is 2. The van der Waals surface area contributed by atoms with E-state index < -0.39 is 37.6 Å². The lowest BCUT2D eigenvalue weighted by atomic mass is 10.1. The Labute approximate surface area is 177 Å². The first kappa shape index (κ1) is 23.7. The average molecular weight is 455 g/mol.